The molecule has 0 spiro atoms. The fourth-order valence-electron chi connectivity index (χ4n) is 1.11. The van der Waals surface area contributed by atoms with E-state index in [0.717, 1.165) is 12.3 Å². The molecule has 0 amide bonds. The SMILES string of the molecule is COc1nc(Cl)nc(NCC(C)CSC)n1. The van der Waals surface area contributed by atoms with Crippen molar-refractivity contribution >= 4 is 29.3 Å². The highest BCUT2D eigenvalue weighted by Crippen LogP contribution is 2.12. The Labute approximate surface area is 104 Å². The van der Waals surface area contributed by atoms with Gasteiger partial charge >= 0.3 is 6.01 Å². The molecule has 0 aliphatic heterocycles. The van der Waals surface area contributed by atoms with Crippen LogP contribution in [-0.2, 0) is 0 Å². The summed E-state index contributed by atoms with van der Waals surface area (Å²) in [4.78, 5) is 11.8. The fourth-order valence-corrected chi connectivity index (χ4v) is 1.95. The van der Waals surface area contributed by atoms with Gasteiger partial charge in [-0.15, -0.1) is 0 Å². The zero-order valence-corrected chi connectivity index (χ0v) is 11.1. The third-order valence-corrected chi connectivity index (χ3v) is 2.90. The molecule has 0 bridgehead atoms. The maximum Gasteiger partial charge on any atom is 0.322 e. The third kappa shape index (κ3) is 4.40. The average Bonchev–Trinajstić information content (AvgIpc) is 2.26. The molecule has 0 radical (unpaired) electrons. The summed E-state index contributed by atoms with van der Waals surface area (Å²) >= 11 is 7.53. The van der Waals surface area contributed by atoms with E-state index in [9.17, 15) is 0 Å². The number of methoxy groups -OCH3 is 1. The van der Waals surface area contributed by atoms with Gasteiger partial charge in [0.15, 0.2) is 0 Å². The average molecular weight is 263 g/mol. The number of hydrogen-bond donors (Lipinski definition) is 1. The van der Waals surface area contributed by atoms with Crippen LogP contribution in [0.5, 0.6) is 6.01 Å². The first-order chi connectivity index (χ1) is 7.65. The molecule has 90 valence electrons. The highest BCUT2D eigenvalue weighted by molar-refractivity contribution is 7.98. The third-order valence-electron chi connectivity index (χ3n) is 1.83. The number of hydrogen-bond acceptors (Lipinski definition) is 6. The molecular formula is C9H15ClN4OS. The molecule has 1 rings (SSSR count). The van der Waals surface area contributed by atoms with Gasteiger partial charge in [0.2, 0.25) is 11.2 Å². The highest BCUT2D eigenvalue weighted by Gasteiger charge is 2.06. The highest BCUT2D eigenvalue weighted by atomic mass is 35.5. The largest absolute Gasteiger partial charge is 0.467 e. The maximum absolute atomic E-state index is 5.72. The second-order valence-electron chi connectivity index (χ2n) is 3.36. The second kappa shape index (κ2) is 6.75. The lowest BCUT2D eigenvalue weighted by atomic mass is 10.2. The van der Waals surface area contributed by atoms with Crippen LogP contribution < -0.4 is 10.1 Å². The van der Waals surface area contributed by atoms with Crippen LogP contribution in [-0.4, -0.2) is 40.6 Å². The normalized spacial score (nSPS) is 12.2. The maximum atomic E-state index is 5.72. The van der Waals surface area contributed by atoms with Gasteiger partial charge in [-0.3, -0.25) is 0 Å². The number of ether oxygens (including phenoxy) is 1. The lowest BCUT2D eigenvalue weighted by Crippen LogP contribution is -2.15. The molecule has 1 atom stereocenters. The van der Waals surface area contributed by atoms with Gasteiger partial charge in [0, 0.05) is 6.54 Å². The molecule has 1 unspecified atom stereocenters. The number of nitrogens with zero attached hydrogens (tertiary/aromatic N) is 3. The molecule has 0 saturated heterocycles. The van der Waals surface area contributed by atoms with Crippen molar-refractivity contribution in [3.63, 3.8) is 0 Å². The zero-order chi connectivity index (χ0) is 12.0. The Bertz CT molecular complexity index is 339. The van der Waals surface area contributed by atoms with E-state index in [1.807, 2.05) is 11.8 Å². The number of anilines is 1. The summed E-state index contributed by atoms with van der Waals surface area (Å²) in [5.74, 6) is 2.07. The van der Waals surface area contributed by atoms with E-state index < -0.39 is 0 Å². The van der Waals surface area contributed by atoms with Crippen LogP contribution in [0.15, 0.2) is 0 Å². The van der Waals surface area contributed by atoms with Gasteiger partial charge in [0.05, 0.1) is 7.11 Å². The first kappa shape index (κ1) is 13.3. The number of aromatic nitrogens is 3. The van der Waals surface area contributed by atoms with Crippen molar-refractivity contribution in [3.05, 3.63) is 5.28 Å². The number of halogens is 1. The number of thioether (sulfide) groups is 1. The van der Waals surface area contributed by atoms with Gasteiger partial charge in [-0.2, -0.15) is 26.7 Å². The topological polar surface area (TPSA) is 59.9 Å². The van der Waals surface area contributed by atoms with E-state index in [1.54, 1.807) is 0 Å². The molecule has 5 nitrogen and oxygen atoms in total. The Hall–Kier alpha value is -0.750. The molecule has 0 aliphatic carbocycles. The molecule has 1 heterocycles. The summed E-state index contributed by atoms with van der Waals surface area (Å²) in [6.45, 7) is 2.95. The van der Waals surface area contributed by atoms with Crippen molar-refractivity contribution in [2.24, 2.45) is 5.92 Å². The molecule has 0 aromatic carbocycles. The molecule has 1 aromatic rings. The second-order valence-corrected chi connectivity index (χ2v) is 4.60. The summed E-state index contributed by atoms with van der Waals surface area (Å²) < 4.78 is 4.90. The standard InChI is InChI=1S/C9H15ClN4OS/c1-6(5-16-3)4-11-8-12-7(10)13-9(14-8)15-2/h6H,4-5H2,1-3H3,(H,11,12,13,14). The Kier molecular flexibility index (Phi) is 5.62. The van der Waals surface area contributed by atoms with Gasteiger partial charge < -0.3 is 10.1 Å². The molecule has 1 aromatic heterocycles. The molecule has 0 saturated carbocycles. The zero-order valence-electron chi connectivity index (χ0n) is 9.53. The molecular weight excluding hydrogens is 248 g/mol. The van der Waals surface area contributed by atoms with Gasteiger partial charge in [-0.1, -0.05) is 6.92 Å². The summed E-state index contributed by atoms with van der Waals surface area (Å²) in [5.41, 5.74) is 0. The quantitative estimate of drug-likeness (QED) is 0.846. The van der Waals surface area contributed by atoms with Gasteiger partial charge in [-0.05, 0) is 29.5 Å². The predicted octanol–water partition coefficient (Wildman–Crippen LogP) is 1.94. The minimum atomic E-state index is 0.131. The van der Waals surface area contributed by atoms with Crippen LogP contribution >= 0.6 is 23.4 Å². The van der Waals surface area contributed by atoms with Crippen molar-refractivity contribution in [1.82, 2.24) is 15.0 Å². The summed E-state index contributed by atoms with van der Waals surface area (Å²) in [5, 5.41) is 3.24. The van der Waals surface area contributed by atoms with Gasteiger partial charge in [0.25, 0.3) is 0 Å². The van der Waals surface area contributed by atoms with Crippen LogP contribution in [0.1, 0.15) is 6.92 Å². The van der Waals surface area contributed by atoms with Crippen molar-refractivity contribution in [2.75, 3.05) is 31.0 Å². The van der Waals surface area contributed by atoms with E-state index in [2.05, 4.69) is 33.4 Å². The molecule has 0 fully saturated rings. The van der Waals surface area contributed by atoms with E-state index in [4.69, 9.17) is 16.3 Å². The minimum Gasteiger partial charge on any atom is -0.467 e. The summed E-state index contributed by atoms with van der Waals surface area (Å²) in [6.07, 6.45) is 2.08. The predicted molar refractivity (Wildman–Crippen MR) is 67.4 cm³/mol. The Balaban J connectivity index is 2.56. The minimum absolute atomic E-state index is 0.131. The van der Waals surface area contributed by atoms with E-state index >= 15 is 0 Å². The monoisotopic (exact) mass is 262 g/mol. The van der Waals surface area contributed by atoms with Crippen molar-refractivity contribution in [1.29, 1.82) is 0 Å². The lowest BCUT2D eigenvalue weighted by molar-refractivity contribution is 0.378. The van der Waals surface area contributed by atoms with Crippen LogP contribution in [0.4, 0.5) is 5.95 Å². The molecule has 16 heavy (non-hydrogen) atoms. The fraction of sp³-hybridized carbons (Fsp3) is 0.667. The Morgan fingerprint density at radius 2 is 2.19 bits per heavy atom. The van der Waals surface area contributed by atoms with Crippen molar-refractivity contribution < 1.29 is 4.74 Å². The first-order valence-corrected chi connectivity index (χ1v) is 6.61. The van der Waals surface area contributed by atoms with E-state index in [-0.39, 0.29) is 11.3 Å². The number of rotatable bonds is 6. The molecule has 1 N–H and O–H groups in total. The van der Waals surface area contributed by atoms with Gasteiger partial charge in [0.1, 0.15) is 0 Å². The Morgan fingerprint density at radius 3 is 2.81 bits per heavy atom. The van der Waals surface area contributed by atoms with Gasteiger partial charge in [-0.25, -0.2) is 0 Å². The first-order valence-electron chi connectivity index (χ1n) is 4.84. The van der Waals surface area contributed by atoms with Crippen LogP contribution in [0.25, 0.3) is 0 Å². The van der Waals surface area contributed by atoms with Crippen LogP contribution in [0, 0.1) is 5.92 Å². The van der Waals surface area contributed by atoms with E-state index in [0.29, 0.717) is 11.9 Å². The van der Waals surface area contributed by atoms with E-state index in [1.165, 1.54) is 7.11 Å². The van der Waals surface area contributed by atoms with Crippen molar-refractivity contribution in [3.8, 4) is 6.01 Å². The number of nitrogens with one attached hydrogen (secondary N) is 1. The summed E-state index contributed by atoms with van der Waals surface area (Å²) in [6, 6.07) is 0.222. The van der Waals surface area contributed by atoms with Crippen LogP contribution in [0.2, 0.25) is 5.28 Å². The Morgan fingerprint density at radius 1 is 1.44 bits per heavy atom. The van der Waals surface area contributed by atoms with Crippen molar-refractivity contribution in [2.45, 2.75) is 6.92 Å². The lowest BCUT2D eigenvalue weighted by Gasteiger charge is -2.11. The smallest absolute Gasteiger partial charge is 0.322 e. The molecule has 0 aliphatic rings. The molecule has 7 heteroatoms. The van der Waals surface area contributed by atoms with Crippen LogP contribution in [0.3, 0.4) is 0 Å². The summed E-state index contributed by atoms with van der Waals surface area (Å²) in [7, 11) is 1.49.